The van der Waals surface area contributed by atoms with Crippen molar-refractivity contribution < 1.29 is 4.39 Å². The number of hydrogen-bond donors (Lipinski definition) is 2. The normalized spacial score (nSPS) is 12.2. The van der Waals surface area contributed by atoms with Crippen LogP contribution < -0.4 is 10.6 Å². The molecule has 0 spiro atoms. The quantitative estimate of drug-likeness (QED) is 0.809. The molecule has 0 unspecified atom stereocenters. The average molecular weight is 308 g/mol. The highest BCUT2D eigenvalue weighted by Gasteiger charge is 2.18. The van der Waals surface area contributed by atoms with E-state index in [1.165, 1.54) is 10.9 Å². The Balaban J connectivity index is 2.05. The van der Waals surface area contributed by atoms with Crippen LogP contribution in [0.5, 0.6) is 0 Å². The van der Waals surface area contributed by atoms with Gasteiger partial charge in [-0.05, 0) is 41.7 Å². The van der Waals surface area contributed by atoms with Gasteiger partial charge in [0.25, 0.3) is 0 Å². The molecule has 2 N–H and O–H groups in total. The number of hydrogen-bond acceptors (Lipinski definition) is 2. The van der Waals surface area contributed by atoms with E-state index in [0.29, 0.717) is 16.7 Å². The molecule has 0 radical (unpaired) electrons. The van der Waals surface area contributed by atoms with Crippen molar-refractivity contribution in [2.24, 2.45) is 5.92 Å². The first-order valence-corrected chi connectivity index (χ1v) is 7.72. The number of thiocarbonyl (C=S) groups is 1. The zero-order valence-electron chi connectivity index (χ0n) is 11.4. The minimum atomic E-state index is -0.311. The Bertz CT molecular complexity index is 567. The molecule has 1 aromatic carbocycles. The lowest BCUT2D eigenvalue weighted by atomic mass is 10.0. The average Bonchev–Trinajstić information content (AvgIpc) is 2.92. The van der Waals surface area contributed by atoms with Crippen LogP contribution in [0.2, 0.25) is 0 Å². The van der Waals surface area contributed by atoms with Crippen LogP contribution in [0.3, 0.4) is 0 Å². The molecule has 0 aliphatic carbocycles. The molecule has 0 aliphatic heterocycles. The summed E-state index contributed by atoms with van der Waals surface area (Å²) in [4.78, 5) is 1.22. The number of rotatable bonds is 4. The highest BCUT2D eigenvalue weighted by Crippen LogP contribution is 2.26. The summed E-state index contributed by atoms with van der Waals surface area (Å²) >= 11 is 6.97. The second-order valence-electron chi connectivity index (χ2n) is 4.82. The molecule has 1 aromatic heterocycles. The second-order valence-corrected chi connectivity index (χ2v) is 6.20. The molecule has 0 fully saturated rings. The summed E-state index contributed by atoms with van der Waals surface area (Å²) < 4.78 is 13.6. The standard InChI is InChI=1S/C15H17FN2S2/c1-10(2)14(13-8-5-9-20-13)18-15(19)17-12-7-4-3-6-11(12)16/h3-10,14H,1-2H3,(H2,17,18,19)/t14-/m1/s1. The zero-order chi connectivity index (χ0) is 14.5. The first-order chi connectivity index (χ1) is 9.58. The van der Waals surface area contributed by atoms with Gasteiger partial charge in [-0.25, -0.2) is 4.39 Å². The topological polar surface area (TPSA) is 24.1 Å². The van der Waals surface area contributed by atoms with Gasteiger partial charge >= 0.3 is 0 Å². The van der Waals surface area contributed by atoms with Gasteiger partial charge in [0.1, 0.15) is 5.82 Å². The van der Waals surface area contributed by atoms with Crippen LogP contribution in [0.25, 0.3) is 0 Å². The summed E-state index contributed by atoms with van der Waals surface area (Å²) in [6.45, 7) is 4.26. The van der Waals surface area contributed by atoms with E-state index >= 15 is 0 Å². The van der Waals surface area contributed by atoms with E-state index in [0.717, 1.165) is 0 Å². The third-order valence-corrected chi connectivity index (χ3v) is 4.10. The van der Waals surface area contributed by atoms with E-state index < -0.39 is 0 Å². The number of nitrogens with one attached hydrogen (secondary N) is 2. The van der Waals surface area contributed by atoms with Gasteiger partial charge in [0, 0.05) is 4.88 Å². The number of thiophene rings is 1. The highest BCUT2D eigenvalue weighted by atomic mass is 32.1. The van der Waals surface area contributed by atoms with Crippen molar-refractivity contribution >= 4 is 34.4 Å². The van der Waals surface area contributed by atoms with Crippen molar-refractivity contribution in [1.29, 1.82) is 0 Å². The number of halogens is 1. The van der Waals surface area contributed by atoms with Crippen LogP contribution in [-0.2, 0) is 0 Å². The van der Waals surface area contributed by atoms with Crippen molar-refractivity contribution in [3.05, 3.63) is 52.5 Å². The molecule has 2 aromatic rings. The van der Waals surface area contributed by atoms with Crippen LogP contribution in [0.4, 0.5) is 10.1 Å². The molecule has 0 amide bonds. The van der Waals surface area contributed by atoms with E-state index in [1.54, 1.807) is 29.5 Å². The third kappa shape index (κ3) is 3.77. The van der Waals surface area contributed by atoms with Crippen molar-refractivity contribution in [2.75, 3.05) is 5.32 Å². The number of anilines is 1. The fourth-order valence-corrected chi connectivity index (χ4v) is 3.08. The Morgan fingerprint density at radius 1 is 1.20 bits per heavy atom. The lowest BCUT2D eigenvalue weighted by Crippen LogP contribution is -2.34. The summed E-state index contributed by atoms with van der Waals surface area (Å²) in [5.41, 5.74) is 0.388. The monoisotopic (exact) mass is 308 g/mol. The third-order valence-electron chi connectivity index (χ3n) is 2.93. The van der Waals surface area contributed by atoms with Crippen molar-refractivity contribution in [3.8, 4) is 0 Å². The first kappa shape index (κ1) is 14.9. The molecule has 20 heavy (non-hydrogen) atoms. The highest BCUT2D eigenvalue weighted by molar-refractivity contribution is 7.80. The largest absolute Gasteiger partial charge is 0.355 e. The Kier molecular flexibility index (Phi) is 5.09. The SMILES string of the molecule is CC(C)[C@@H](NC(=S)Nc1ccccc1F)c1cccs1. The molecule has 0 saturated carbocycles. The van der Waals surface area contributed by atoms with Crippen molar-refractivity contribution in [1.82, 2.24) is 5.32 Å². The number of para-hydroxylation sites is 1. The van der Waals surface area contributed by atoms with Gasteiger partial charge in [-0.15, -0.1) is 11.3 Å². The van der Waals surface area contributed by atoms with Crippen LogP contribution in [0, 0.1) is 11.7 Å². The molecule has 0 bridgehead atoms. The fraction of sp³-hybridized carbons (Fsp3) is 0.267. The van der Waals surface area contributed by atoms with Crippen LogP contribution in [0.15, 0.2) is 41.8 Å². The van der Waals surface area contributed by atoms with Gasteiger partial charge in [0.05, 0.1) is 11.7 Å². The first-order valence-electron chi connectivity index (χ1n) is 6.43. The predicted molar refractivity (Wildman–Crippen MR) is 87.7 cm³/mol. The van der Waals surface area contributed by atoms with Gasteiger partial charge in [0.15, 0.2) is 5.11 Å². The maximum Gasteiger partial charge on any atom is 0.171 e. The Morgan fingerprint density at radius 2 is 1.95 bits per heavy atom. The zero-order valence-corrected chi connectivity index (χ0v) is 13.0. The Morgan fingerprint density at radius 3 is 2.55 bits per heavy atom. The number of benzene rings is 1. The molecule has 106 valence electrons. The van der Waals surface area contributed by atoms with Crippen molar-refractivity contribution in [3.63, 3.8) is 0 Å². The van der Waals surface area contributed by atoms with Crippen molar-refractivity contribution in [2.45, 2.75) is 19.9 Å². The summed E-state index contributed by atoms with van der Waals surface area (Å²) in [7, 11) is 0. The Hall–Kier alpha value is -1.46. The molecule has 0 aliphatic rings. The van der Waals surface area contributed by atoms with E-state index in [1.807, 2.05) is 11.4 Å². The van der Waals surface area contributed by atoms with E-state index in [2.05, 4.69) is 30.5 Å². The smallest absolute Gasteiger partial charge is 0.171 e. The molecule has 1 atom stereocenters. The van der Waals surface area contributed by atoms with Gasteiger partial charge in [-0.2, -0.15) is 0 Å². The van der Waals surface area contributed by atoms with Gasteiger partial charge in [0.2, 0.25) is 0 Å². The molecule has 2 rings (SSSR count). The minimum Gasteiger partial charge on any atom is -0.355 e. The van der Waals surface area contributed by atoms with E-state index in [9.17, 15) is 4.39 Å². The predicted octanol–water partition coefficient (Wildman–Crippen LogP) is 4.57. The molecule has 2 nitrogen and oxygen atoms in total. The van der Waals surface area contributed by atoms with Gasteiger partial charge in [-0.3, -0.25) is 0 Å². The molecular formula is C15H17FN2S2. The fourth-order valence-electron chi connectivity index (χ4n) is 1.90. The lowest BCUT2D eigenvalue weighted by molar-refractivity contribution is 0.480. The maximum atomic E-state index is 13.6. The molecule has 1 heterocycles. The minimum absolute atomic E-state index is 0.127. The molecule has 5 heteroatoms. The summed E-state index contributed by atoms with van der Waals surface area (Å²) in [6.07, 6.45) is 0. The summed E-state index contributed by atoms with van der Waals surface area (Å²) in [5.74, 6) is 0.0721. The summed E-state index contributed by atoms with van der Waals surface area (Å²) in [6, 6.07) is 10.7. The Labute approximate surface area is 128 Å². The van der Waals surface area contributed by atoms with Gasteiger partial charge < -0.3 is 10.6 Å². The molecule has 0 saturated heterocycles. The van der Waals surface area contributed by atoms with Crippen LogP contribution >= 0.6 is 23.6 Å². The lowest BCUT2D eigenvalue weighted by Gasteiger charge is -2.23. The van der Waals surface area contributed by atoms with E-state index in [4.69, 9.17) is 12.2 Å². The maximum absolute atomic E-state index is 13.6. The van der Waals surface area contributed by atoms with E-state index in [-0.39, 0.29) is 11.9 Å². The summed E-state index contributed by atoms with van der Waals surface area (Å²) in [5, 5.41) is 8.64. The second kappa shape index (κ2) is 6.81. The van der Waals surface area contributed by atoms with Gasteiger partial charge in [-0.1, -0.05) is 32.0 Å². The molecular weight excluding hydrogens is 291 g/mol. The van der Waals surface area contributed by atoms with Crippen LogP contribution in [-0.4, -0.2) is 5.11 Å². The van der Waals surface area contributed by atoms with Crippen LogP contribution in [0.1, 0.15) is 24.8 Å².